The number of ether oxygens (including phenoxy) is 1. The highest BCUT2D eigenvalue weighted by Gasteiger charge is 2.28. The van der Waals surface area contributed by atoms with Gasteiger partial charge in [0.25, 0.3) is 5.91 Å². The molecule has 1 aromatic heterocycles. The molecule has 5 nitrogen and oxygen atoms in total. The molecule has 0 radical (unpaired) electrons. The van der Waals surface area contributed by atoms with Crippen molar-refractivity contribution < 1.29 is 14.3 Å². The van der Waals surface area contributed by atoms with Crippen molar-refractivity contribution in [1.29, 1.82) is 0 Å². The summed E-state index contributed by atoms with van der Waals surface area (Å²) < 4.78 is 5.33. The summed E-state index contributed by atoms with van der Waals surface area (Å²) >= 11 is 1.28. The third kappa shape index (κ3) is 4.69. The van der Waals surface area contributed by atoms with Crippen molar-refractivity contribution in [3.05, 3.63) is 52.0 Å². The van der Waals surface area contributed by atoms with Crippen molar-refractivity contribution in [3.8, 4) is 0 Å². The van der Waals surface area contributed by atoms with Gasteiger partial charge in [-0.25, -0.2) is 9.78 Å². The van der Waals surface area contributed by atoms with Crippen molar-refractivity contribution in [2.24, 2.45) is 5.92 Å². The Hall–Kier alpha value is -2.21. The maximum Gasteiger partial charge on any atom is 0.350 e. The number of benzene rings is 1. The van der Waals surface area contributed by atoms with Crippen molar-refractivity contribution in [3.63, 3.8) is 0 Å². The average Bonchev–Trinajstić information content (AvgIpc) is 3.09. The van der Waals surface area contributed by atoms with Crippen LogP contribution in [0.3, 0.4) is 0 Å². The number of esters is 1. The van der Waals surface area contributed by atoms with E-state index in [0.717, 1.165) is 37.4 Å². The molecule has 2 aromatic rings. The summed E-state index contributed by atoms with van der Waals surface area (Å²) in [5.41, 5.74) is 1.35. The molecule has 0 N–H and O–H groups in total. The van der Waals surface area contributed by atoms with Crippen LogP contribution in [0.5, 0.6) is 0 Å². The number of carbonyl (C=O) groups excluding carboxylic acids is 2. The van der Waals surface area contributed by atoms with E-state index in [4.69, 9.17) is 4.74 Å². The summed E-state index contributed by atoms with van der Waals surface area (Å²) in [7, 11) is 0. The van der Waals surface area contributed by atoms with E-state index in [-0.39, 0.29) is 5.91 Å². The van der Waals surface area contributed by atoms with Gasteiger partial charge in [-0.05, 0) is 44.6 Å². The molecule has 1 aliphatic rings. The first kappa shape index (κ1) is 18.6. The molecule has 2 heterocycles. The van der Waals surface area contributed by atoms with E-state index >= 15 is 0 Å². The maximum absolute atomic E-state index is 12.6. The zero-order valence-electron chi connectivity index (χ0n) is 15.2. The number of carbonyl (C=O) groups is 2. The van der Waals surface area contributed by atoms with E-state index in [1.54, 1.807) is 6.92 Å². The Morgan fingerprint density at radius 2 is 1.96 bits per heavy atom. The van der Waals surface area contributed by atoms with E-state index in [0.29, 0.717) is 10.8 Å². The summed E-state index contributed by atoms with van der Waals surface area (Å²) in [5.74, 6) is 0.00707. The fraction of sp³-hybridized carbons (Fsp3) is 0.450. The molecule has 1 aromatic carbocycles. The number of amides is 1. The number of rotatable bonds is 5. The minimum atomic E-state index is -0.768. The number of hydrogen-bond donors (Lipinski definition) is 0. The van der Waals surface area contributed by atoms with Gasteiger partial charge in [-0.15, -0.1) is 11.3 Å². The molecule has 6 heteroatoms. The van der Waals surface area contributed by atoms with Crippen LogP contribution in [-0.2, 0) is 16.0 Å². The number of likely N-dealkylation sites (tertiary alicyclic amines) is 1. The summed E-state index contributed by atoms with van der Waals surface area (Å²) in [6.07, 6.45) is 3.74. The van der Waals surface area contributed by atoms with Crippen molar-refractivity contribution >= 4 is 23.2 Å². The zero-order valence-corrected chi connectivity index (χ0v) is 16.0. The van der Waals surface area contributed by atoms with E-state index in [1.165, 1.54) is 23.1 Å². The Balaban J connectivity index is 1.47. The van der Waals surface area contributed by atoms with Crippen LogP contribution in [0.1, 0.15) is 40.0 Å². The number of aromatic nitrogens is 1. The number of piperidine rings is 1. The van der Waals surface area contributed by atoms with Gasteiger partial charge in [-0.1, -0.05) is 30.3 Å². The Labute approximate surface area is 158 Å². The second-order valence-corrected chi connectivity index (χ2v) is 7.98. The van der Waals surface area contributed by atoms with E-state index in [9.17, 15) is 9.59 Å². The second kappa shape index (κ2) is 8.45. The van der Waals surface area contributed by atoms with Crippen LogP contribution in [0.15, 0.2) is 36.5 Å². The standard InChI is InChI=1S/C20H24N2O3S/c1-14(25-20(24)18-13-21-15(2)26-18)19(23)22-10-8-17(9-11-22)12-16-6-4-3-5-7-16/h3-7,13-14,17H,8-12H2,1-2H3. The number of aryl methyl sites for hydroxylation is 1. The predicted octanol–water partition coefficient (Wildman–Crippen LogP) is 3.48. The van der Waals surface area contributed by atoms with Crippen LogP contribution in [0, 0.1) is 12.8 Å². The molecule has 1 unspecified atom stereocenters. The van der Waals surface area contributed by atoms with Crippen molar-refractivity contribution in [2.45, 2.75) is 39.2 Å². The fourth-order valence-electron chi connectivity index (χ4n) is 3.29. The van der Waals surface area contributed by atoms with E-state index in [2.05, 4.69) is 29.2 Å². The molecule has 1 aliphatic heterocycles. The molecule has 0 spiro atoms. The first-order valence-electron chi connectivity index (χ1n) is 8.99. The van der Waals surface area contributed by atoms with Gasteiger partial charge in [0.2, 0.25) is 0 Å². The molecular formula is C20H24N2O3S. The molecule has 1 amide bonds. The Bertz CT molecular complexity index is 751. The van der Waals surface area contributed by atoms with Crippen molar-refractivity contribution in [1.82, 2.24) is 9.88 Å². The zero-order chi connectivity index (χ0) is 18.5. The highest BCUT2D eigenvalue weighted by atomic mass is 32.1. The summed E-state index contributed by atoms with van der Waals surface area (Å²) in [5, 5.41) is 0.802. The third-order valence-electron chi connectivity index (χ3n) is 4.75. The lowest BCUT2D eigenvalue weighted by Gasteiger charge is -2.33. The van der Waals surface area contributed by atoms with Gasteiger partial charge in [0.1, 0.15) is 4.88 Å². The van der Waals surface area contributed by atoms with E-state index in [1.807, 2.05) is 17.9 Å². The van der Waals surface area contributed by atoms with Crippen LogP contribution >= 0.6 is 11.3 Å². The van der Waals surface area contributed by atoms with Gasteiger partial charge >= 0.3 is 5.97 Å². The lowest BCUT2D eigenvalue weighted by atomic mass is 9.90. The highest BCUT2D eigenvalue weighted by molar-refractivity contribution is 7.13. The smallest absolute Gasteiger partial charge is 0.350 e. The first-order valence-corrected chi connectivity index (χ1v) is 9.80. The number of nitrogens with zero attached hydrogens (tertiary/aromatic N) is 2. The maximum atomic E-state index is 12.6. The van der Waals surface area contributed by atoms with Gasteiger partial charge in [-0.3, -0.25) is 4.79 Å². The Morgan fingerprint density at radius 1 is 1.27 bits per heavy atom. The second-order valence-electron chi connectivity index (χ2n) is 6.75. The molecule has 0 bridgehead atoms. The molecule has 1 saturated heterocycles. The Morgan fingerprint density at radius 3 is 2.58 bits per heavy atom. The SMILES string of the molecule is Cc1ncc(C(=O)OC(C)C(=O)N2CCC(Cc3ccccc3)CC2)s1. The monoisotopic (exact) mass is 372 g/mol. The number of hydrogen-bond acceptors (Lipinski definition) is 5. The summed E-state index contributed by atoms with van der Waals surface area (Å²) in [6.45, 7) is 4.91. The predicted molar refractivity (Wildman–Crippen MR) is 101 cm³/mol. The van der Waals surface area contributed by atoms with Gasteiger partial charge in [0.15, 0.2) is 6.10 Å². The van der Waals surface area contributed by atoms with Gasteiger partial charge in [0.05, 0.1) is 11.2 Å². The minimum absolute atomic E-state index is 0.113. The normalized spacial score (nSPS) is 16.3. The molecule has 26 heavy (non-hydrogen) atoms. The first-order chi connectivity index (χ1) is 12.5. The summed E-state index contributed by atoms with van der Waals surface area (Å²) in [6, 6.07) is 10.5. The molecular weight excluding hydrogens is 348 g/mol. The quantitative estimate of drug-likeness (QED) is 0.754. The largest absolute Gasteiger partial charge is 0.448 e. The molecule has 138 valence electrons. The molecule has 1 fully saturated rings. The number of thiazole rings is 1. The van der Waals surface area contributed by atoms with Crippen LogP contribution < -0.4 is 0 Å². The van der Waals surface area contributed by atoms with Crippen LogP contribution in [-0.4, -0.2) is 41.0 Å². The van der Waals surface area contributed by atoms with Crippen LogP contribution in [0.2, 0.25) is 0 Å². The topological polar surface area (TPSA) is 59.5 Å². The lowest BCUT2D eigenvalue weighted by molar-refractivity contribution is -0.141. The lowest BCUT2D eigenvalue weighted by Crippen LogP contribution is -2.44. The summed E-state index contributed by atoms with van der Waals surface area (Å²) in [4.78, 5) is 31.0. The van der Waals surface area contributed by atoms with Crippen LogP contribution in [0.4, 0.5) is 0 Å². The third-order valence-corrected chi connectivity index (χ3v) is 5.64. The van der Waals surface area contributed by atoms with Gasteiger partial charge in [-0.2, -0.15) is 0 Å². The molecule has 0 saturated carbocycles. The minimum Gasteiger partial charge on any atom is -0.448 e. The molecule has 1 atom stereocenters. The molecule has 0 aliphatic carbocycles. The van der Waals surface area contributed by atoms with Gasteiger partial charge < -0.3 is 9.64 Å². The average molecular weight is 372 g/mol. The van der Waals surface area contributed by atoms with E-state index < -0.39 is 12.1 Å². The van der Waals surface area contributed by atoms with Crippen LogP contribution in [0.25, 0.3) is 0 Å². The Kier molecular flexibility index (Phi) is 6.04. The fourth-order valence-corrected chi connectivity index (χ4v) is 3.95. The molecule has 3 rings (SSSR count). The highest BCUT2D eigenvalue weighted by Crippen LogP contribution is 2.22. The van der Waals surface area contributed by atoms with Crippen molar-refractivity contribution in [2.75, 3.05) is 13.1 Å². The van der Waals surface area contributed by atoms with Gasteiger partial charge in [0, 0.05) is 13.1 Å².